The average molecular weight is 293 g/mol. The molecule has 0 amide bonds. The number of hydrogen-bond donors (Lipinski definition) is 2. The van der Waals surface area contributed by atoms with Crippen molar-refractivity contribution < 1.29 is 4.92 Å². The van der Waals surface area contributed by atoms with Crippen LogP contribution in [0.1, 0.15) is 4.88 Å². The van der Waals surface area contributed by atoms with Gasteiger partial charge in [-0.1, -0.05) is 6.07 Å². The fraction of sp³-hybridized carbons (Fsp3) is 0.0833. The summed E-state index contributed by atoms with van der Waals surface area (Å²) in [5, 5.41) is 19.0. The number of nitrogens with one attached hydrogen (secondary N) is 2. The summed E-state index contributed by atoms with van der Waals surface area (Å²) in [5.74, 6) is 0. The van der Waals surface area contributed by atoms with Gasteiger partial charge in [-0.05, 0) is 35.8 Å². The maximum atomic E-state index is 10.5. The Morgan fingerprint density at radius 3 is 2.63 bits per heavy atom. The fourth-order valence-corrected chi connectivity index (χ4v) is 2.26. The van der Waals surface area contributed by atoms with Crippen LogP contribution in [0.5, 0.6) is 0 Å². The van der Waals surface area contributed by atoms with E-state index in [9.17, 15) is 10.1 Å². The van der Waals surface area contributed by atoms with Gasteiger partial charge in [0.05, 0.1) is 11.5 Å². The molecular formula is C12H11N3O2S2. The molecule has 0 spiro atoms. The van der Waals surface area contributed by atoms with Gasteiger partial charge in [-0.3, -0.25) is 10.1 Å². The van der Waals surface area contributed by atoms with Gasteiger partial charge in [0, 0.05) is 22.7 Å². The lowest BCUT2D eigenvalue weighted by Gasteiger charge is -2.09. The molecule has 5 nitrogen and oxygen atoms in total. The molecular weight excluding hydrogens is 282 g/mol. The molecule has 0 saturated carbocycles. The zero-order chi connectivity index (χ0) is 13.7. The van der Waals surface area contributed by atoms with Crippen molar-refractivity contribution in [1.29, 1.82) is 0 Å². The molecule has 0 aliphatic heterocycles. The number of anilines is 1. The molecule has 1 aromatic heterocycles. The first kappa shape index (κ1) is 13.4. The molecule has 0 aliphatic carbocycles. The van der Waals surface area contributed by atoms with Crippen LogP contribution in [0.3, 0.4) is 0 Å². The Bertz CT molecular complexity index is 567. The van der Waals surface area contributed by atoms with Crippen molar-refractivity contribution in [2.45, 2.75) is 6.54 Å². The summed E-state index contributed by atoms with van der Waals surface area (Å²) < 4.78 is 0. The predicted molar refractivity (Wildman–Crippen MR) is 80.5 cm³/mol. The van der Waals surface area contributed by atoms with Gasteiger partial charge in [0.25, 0.3) is 5.69 Å². The van der Waals surface area contributed by atoms with Gasteiger partial charge in [-0.25, -0.2) is 0 Å². The molecule has 2 aromatic rings. The summed E-state index contributed by atoms with van der Waals surface area (Å²) >= 11 is 6.79. The Labute approximate surface area is 119 Å². The standard InChI is InChI=1S/C12H11N3O2S2/c16-15(17)10-5-3-9(4-6-10)14-12(18)13-8-11-2-1-7-19-11/h1-7H,8H2,(H2,13,14,18). The van der Waals surface area contributed by atoms with Crippen molar-refractivity contribution in [2.75, 3.05) is 5.32 Å². The van der Waals surface area contributed by atoms with Gasteiger partial charge in [0.1, 0.15) is 0 Å². The first-order chi connectivity index (χ1) is 9.15. The second-order valence-corrected chi connectivity index (χ2v) is 5.13. The molecule has 2 rings (SSSR count). The van der Waals surface area contributed by atoms with Crippen LogP contribution in [0.2, 0.25) is 0 Å². The van der Waals surface area contributed by atoms with Gasteiger partial charge in [-0.2, -0.15) is 0 Å². The zero-order valence-corrected chi connectivity index (χ0v) is 11.5. The van der Waals surface area contributed by atoms with Crippen molar-refractivity contribution >= 4 is 40.0 Å². The lowest BCUT2D eigenvalue weighted by atomic mass is 10.3. The highest BCUT2D eigenvalue weighted by Gasteiger charge is 2.04. The number of benzene rings is 1. The summed E-state index contributed by atoms with van der Waals surface area (Å²) in [7, 11) is 0. The molecule has 0 saturated heterocycles. The molecule has 1 heterocycles. The van der Waals surface area contributed by atoms with Crippen LogP contribution >= 0.6 is 23.6 Å². The highest BCUT2D eigenvalue weighted by atomic mass is 32.1. The number of nitro groups is 1. The van der Waals surface area contributed by atoms with E-state index in [0.29, 0.717) is 17.3 Å². The van der Waals surface area contributed by atoms with E-state index in [-0.39, 0.29) is 5.69 Å². The maximum Gasteiger partial charge on any atom is 0.269 e. The molecule has 1 aromatic carbocycles. The smallest absolute Gasteiger partial charge is 0.269 e. The van der Waals surface area contributed by atoms with E-state index in [0.717, 1.165) is 0 Å². The number of nitro benzene ring substituents is 1. The minimum absolute atomic E-state index is 0.0583. The van der Waals surface area contributed by atoms with Gasteiger partial charge >= 0.3 is 0 Å². The highest BCUT2D eigenvalue weighted by molar-refractivity contribution is 7.80. The van der Waals surface area contributed by atoms with Crippen LogP contribution in [0.4, 0.5) is 11.4 Å². The Balaban J connectivity index is 1.86. The lowest BCUT2D eigenvalue weighted by Crippen LogP contribution is -2.27. The first-order valence-electron chi connectivity index (χ1n) is 5.47. The van der Waals surface area contributed by atoms with E-state index in [2.05, 4.69) is 10.6 Å². The monoisotopic (exact) mass is 293 g/mol. The normalized spacial score (nSPS) is 9.89. The van der Waals surface area contributed by atoms with Crippen LogP contribution < -0.4 is 10.6 Å². The number of nitrogens with zero attached hydrogens (tertiary/aromatic N) is 1. The summed E-state index contributed by atoms with van der Waals surface area (Å²) in [6, 6.07) is 10.1. The van der Waals surface area contributed by atoms with Crippen LogP contribution in [0, 0.1) is 10.1 Å². The molecule has 0 bridgehead atoms. The molecule has 7 heteroatoms. The van der Waals surface area contributed by atoms with Crippen LogP contribution in [-0.2, 0) is 6.54 Å². The second kappa shape index (κ2) is 6.26. The van der Waals surface area contributed by atoms with Gasteiger partial charge in [-0.15, -0.1) is 11.3 Å². The summed E-state index contributed by atoms with van der Waals surface area (Å²) in [4.78, 5) is 11.3. The first-order valence-corrected chi connectivity index (χ1v) is 6.75. The number of non-ortho nitro benzene ring substituents is 1. The third-order valence-corrected chi connectivity index (χ3v) is 3.46. The van der Waals surface area contributed by atoms with E-state index < -0.39 is 4.92 Å². The molecule has 0 atom stereocenters. The molecule has 0 radical (unpaired) electrons. The molecule has 2 N–H and O–H groups in total. The molecule has 0 fully saturated rings. The minimum atomic E-state index is -0.433. The van der Waals surface area contributed by atoms with E-state index >= 15 is 0 Å². The summed E-state index contributed by atoms with van der Waals surface area (Å²) in [6.07, 6.45) is 0. The maximum absolute atomic E-state index is 10.5. The Hall–Kier alpha value is -1.99. The van der Waals surface area contributed by atoms with Gasteiger partial charge < -0.3 is 10.6 Å². The van der Waals surface area contributed by atoms with Crippen molar-refractivity contribution in [1.82, 2.24) is 5.32 Å². The van der Waals surface area contributed by atoms with E-state index in [1.165, 1.54) is 17.0 Å². The van der Waals surface area contributed by atoms with Crippen molar-refractivity contribution in [3.8, 4) is 0 Å². The number of rotatable bonds is 4. The van der Waals surface area contributed by atoms with Crippen molar-refractivity contribution in [3.05, 3.63) is 56.8 Å². The highest BCUT2D eigenvalue weighted by Crippen LogP contribution is 2.15. The van der Waals surface area contributed by atoms with E-state index in [1.807, 2.05) is 17.5 Å². The van der Waals surface area contributed by atoms with Gasteiger partial charge in [0.15, 0.2) is 5.11 Å². The Kier molecular flexibility index (Phi) is 4.43. The summed E-state index contributed by atoms with van der Waals surface area (Å²) in [5.41, 5.74) is 0.775. The largest absolute Gasteiger partial charge is 0.358 e. The topological polar surface area (TPSA) is 67.2 Å². The number of thiophene rings is 1. The lowest BCUT2D eigenvalue weighted by molar-refractivity contribution is -0.384. The zero-order valence-electron chi connectivity index (χ0n) is 9.83. The van der Waals surface area contributed by atoms with E-state index in [1.54, 1.807) is 23.5 Å². The SMILES string of the molecule is O=[N+]([O-])c1ccc(NC(=S)NCc2cccs2)cc1. The second-order valence-electron chi connectivity index (χ2n) is 3.69. The van der Waals surface area contributed by atoms with Crippen LogP contribution in [0.15, 0.2) is 41.8 Å². The average Bonchev–Trinajstić information content (AvgIpc) is 2.90. The Morgan fingerprint density at radius 1 is 1.32 bits per heavy atom. The summed E-state index contributed by atoms with van der Waals surface area (Å²) in [6.45, 7) is 0.663. The number of thiocarbonyl (C=S) groups is 1. The quantitative estimate of drug-likeness (QED) is 0.515. The molecule has 98 valence electrons. The predicted octanol–water partition coefficient (Wildman–Crippen LogP) is 3.14. The molecule has 0 aliphatic rings. The van der Waals surface area contributed by atoms with E-state index in [4.69, 9.17) is 12.2 Å². The fourth-order valence-electron chi connectivity index (χ4n) is 1.42. The van der Waals surface area contributed by atoms with Gasteiger partial charge in [0.2, 0.25) is 0 Å². The van der Waals surface area contributed by atoms with Crippen LogP contribution in [-0.4, -0.2) is 10.0 Å². The third kappa shape index (κ3) is 4.01. The van der Waals surface area contributed by atoms with Crippen molar-refractivity contribution in [2.24, 2.45) is 0 Å². The third-order valence-electron chi connectivity index (χ3n) is 2.34. The molecule has 19 heavy (non-hydrogen) atoms. The Morgan fingerprint density at radius 2 is 2.05 bits per heavy atom. The molecule has 0 unspecified atom stereocenters. The number of hydrogen-bond acceptors (Lipinski definition) is 4. The minimum Gasteiger partial charge on any atom is -0.358 e. The van der Waals surface area contributed by atoms with Crippen LogP contribution in [0.25, 0.3) is 0 Å². The van der Waals surface area contributed by atoms with Crippen molar-refractivity contribution in [3.63, 3.8) is 0 Å².